The second kappa shape index (κ2) is 8.74. The fourth-order valence-corrected chi connectivity index (χ4v) is 3.39. The van der Waals surface area contributed by atoms with Crippen LogP contribution in [0.1, 0.15) is 19.4 Å². The topological polar surface area (TPSA) is 72.8 Å². The standard InChI is InChI=1S/C21H19FN4O2S/c1-14(2)12-23-21-25(24-15(3)16-4-8-18(22)9-5-16)20(13-29-21)17-6-10-19(11-7-17)26(27)28/h4-11,13H,1,12H2,2-3H3. The molecule has 0 saturated carbocycles. The summed E-state index contributed by atoms with van der Waals surface area (Å²) in [5, 5.41) is 17.5. The van der Waals surface area contributed by atoms with Crippen molar-refractivity contribution in [2.24, 2.45) is 10.1 Å². The van der Waals surface area contributed by atoms with Crippen LogP contribution in [0.2, 0.25) is 0 Å². The van der Waals surface area contributed by atoms with Gasteiger partial charge in [0.1, 0.15) is 5.82 Å². The number of hydrogen-bond donors (Lipinski definition) is 0. The zero-order chi connectivity index (χ0) is 21.0. The Morgan fingerprint density at radius 2 is 1.83 bits per heavy atom. The largest absolute Gasteiger partial charge is 0.269 e. The van der Waals surface area contributed by atoms with Crippen molar-refractivity contribution in [1.82, 2.24) is 4.68 Å². The summed E-state index contributed by atoms with van der Waals surface area (Å²) in [4.78, 5) is 15.7. The van der Waals surface area contributed by atoms with Crippen molar-refractivity contribution in [2.45, 2.75) is 13.8 Å². The van der Waals surface area contributed by atoms with Crippen LogP contribution in [-0.2, 0) is 0 Å². The molecule has 0 unspecified atom stereocenters. The zero-order valence-electron chi connectivity index (χ0n) is 16.0. The van der Waals surface area contributed by atoms with E-state index in [1.54, 1.807) is 28.9 Å². The highest BCUT2D eigenvalue weighted by Crippen LogP contribution is 2.23. The predicted octanol–water partition coefficient (Wildman–Crippen LogP) is 5.01. The van der Waals surface area contributed by atoms with Crippen molar-refractivity contribution in [2.75, 3.05) is 6.54 Å². The molecule has 1 aromatic heterocycles. The van der Waals surface area contributed by atoms with E-state index in [1.807, 2.05) is 19.2 Å². The molecule has 3 aromatic rings. The maximum absolute atomic E-state index is 13.2. The Morgan fingerprint density at radius 1 is 1.17 bits per heavy atom. The van der Waals surface area contributed by atoms with Gasteiger partial charge >= 0.3 is 0 Å². The van der Waals surface area contributed by atoms with Gasteiger partial charge in [-0.2, -0.15) is 5.10 Å². The lowest BCUT2D eigenvalue weighted by Crippen LogP contribution is -2.15. The van der Waals surface area contributed by atoms with Gasteiger partial charge in [0.25, 0.3) is 5.69 Å². The predicted molar refractivity (Wildman–Crippen MR) is 114 cm³/mol. The summed E-state index contributed by atoms with van der Waals surface area (Å²) in [5.74, 6) is -0.312. The molecule has 148 valence electrons. The average molecular weight is 410 g/mol. The van der Waals surface area contributed by atoms with Gasteiger partial charge in [-0.25, -0.2) is 9.07 Å². The van der Waals surface area contributed by atoms with Gasteiger partial charge in [-0.3, -0.25) is 15.1 Å². The van der Waals surface area contributed by atoms with Crippen LogP contribution in [0, 0.1) is 15.9 Å². The Bertz CT molecular complexity index is 1140. The summed E-state index contributed by atoms with van der Waals surface area (Å²) in [5.41, 5.74) is 3.94. The van der Waals surface area contributed by atoms with Crippen molar-refractivity contribution >= 4 is 22.7 Å². The maximum Gasteiger partial charge on any atom is 0.269 e. The fraction of sp³-hybridized carbons (Fsp3) is 0.143. The first-order valence-electron chi connectivity index (χ1n) is 8.77. The van der Waals surface area contributed by atoms with Crippen LogP contribution in [0.5, 0.6) is 0 Å². The van der Waals surface area contributed by atoms with Gasteiger partial charge in [0.2, 0.25) is 4.80 Å². The number of thiazole rings is 1. The molecule has 0 bridgehead atoms. The molecular weight excluding hydrogens is 391 g/mol. The highest BCUT2D eigenvalue weighted by atomic mass is 32.1. The van der Waals surface area contributed by atoms with Gasteiger partial charge in [0, 0.05) is 23.1 Å². The fourth-order valence-electron chi connectivity index (χ4n) is 2.56. The first-order valence-corrected chi connectivity index (χ1v) is 9.65. The third kappa shape index (κ3) is 4.91. The van der Waals surface area contributed by atoms with Crippen molar-refractivity contribution in [3.05, 3.63) is 92.4 Å². The number of halogens is 1. The average Bonchev–Trinajstić information content (AvgIpc) is 3.09. The second-order valence-corrected chi connectivity index (χ2v) is 7.32. The summed E-state index contributed by atoms with van der Waals surface area (Å²) in [7, 11) is 0. The van der Waals surface area contributed by atoms with Gasteiger partial charge < -0.3 is 0 Å². The molecule has 0 spiro atoms. The molecule has 1 heterocycles. The Balaban J connectivity index is 2.11. The number of hydrogen-bond acceptors (Lipinski definition) is 5. The number of non-ortho nitro benzene ring substituents is 1. The highest BCUT2D eigenvalue weighted by Gasteiger charge is 2.11. The molecule has 29 heavy (non-hydrogen) atoms. The molecule has 8 heteroatoms. The smallest absolute Gasteiger partial charge is 0.258 e. The molecule has 0 aliphatic rings. The van der Waals surface area contributed by atoms with E-state index in [0.717, 1.165) is 22.4 Å². The van der Waals surface area contributed by atoms with Gasteiger partial charge in [0.15, 0.2) is 0 Å². The van der Waals surface area contributed by atoms with Crippen LogP contribution in [-0.4, -0.2) is 21.9 Å². The maximum atomic E-state index is 13.2. The van der Waals surface area contributed by atoms with E-state index in [0.29, 0.717) is 17.1 Å². The van der Waals surface area contributed by atoms with Gasteiger partial charge in [-0.1, -0.05) is 24.3 Å². The van der Waals surface area contributed by atoms with Crippen LogP contribution in [0.4, 0.5) is 10.1 Å². The molecule has 0 aliphatic heterocycles. The summed E-state index contributed by atoms with van der Waals surface area (Å²) < 4.78 is 14.9. The Hall–Kier alpha value is -3.39. The van der Waals surface area contributed by atoms with Crippen molar-refractivity contribution in [3.8, 4) is 11.3 Å². The molecule has 0 amide bonds. The Kier molecular flexibility index (Phi) is 6.13. The van der Waals surface area contributed by atoms with E-state index in [4.69, 9.17) is 5.10 Å². The minimum atomic E-state index is -0.435. The number of rotatable bonds is 6. The third-order valence-corrected chi connectivity index (χ3v) is 4.91. The molecule has 0 fully saturated rings. The highest BCUT2D eigenvalue weighted by molar-refractivity contribution is 7.07. The van der Waals surface area contributed by atoms with Crippen LogP contribution in [0.25, 0.3) is 11.3 Å². The quantitative estimate of drug-likeness (QED) is 0.248. The van der Waals surface area contributed by atoms with Gasteiger partial charge in [-0.05, 0) is 43.7 Å². The number of aromatic nitrogens is 1. The summed E-state index contributed by atoms with van der Waals surface area (Å²) in [6.07, 6.45) is 0. The summed E-state index contributed by atoms with van der Waals surface area (Å²) >= 11 is 1.42. The van der Waals surface area contributed by atoms with Crippen LogP contribution >= 0.6 is 11.3 Å². The summed E-state index contributed by atoms with van der Waals surface area (Å²) in [6.45, 7) is 8.07. The molecule has 0 aliphatic carbocycles. The minimum absolute atomic E-state index is 0.0220. The molecule has 3 rings (SSSR count). The van der Waals surface area contributed by atoms with E-state index in [1.165, 1.54) is 35.6 Å². The lowest BCUT2D eigenvalue weighted by atomic mass is 10.1. The molecule has 2 aromatic carbocycles. The van der Waals surface area contributed by atoms with E-state index in [-0.39, 0.29) is 11.5 Å². The molecule has 0 atom stereocenters. The minimum Gasteiger partial charge on any atom is -0.258 e. The first kappa shape index (κ1) is 20.3. The van der Waals surface area contributed by atoms with Crippen molar-refractivity contribution < 1.29 is 9.31 Å². The van der Waals surface area contributed by atoms with E-state index in [9.17, 15) is 14.5 Å². The number of benzene rings is 2. The SMILES string of the molecule is C=C(C)CN=c1scc(-c2ccc([N+](=O)[O-])cc2)n1N=C(C)c1ccc(F)cc1. The van der Waals surface area contributed by atoms with Gasteiger partial charge in [0.05, 0.1) is 22.9 Å². The second-order valence-electron chi connectivity index (χ2n) is 6.48. The monoisotopic (exact) mass is 410 g/mol. The van der Waals surface area contributed by atoms with Crippen molar-refractivity contribution in [1.29, 1.82) is 0 Å². The molecule has 0 radical (unpaired) electrons. The lowest BCUT2D eigenvalue weighted by molar-refractivity contribution is -0.384. The normalized spacial score (nSPS) is 12.2. The van der Waals surface area contributed by atoms with E-state index < -0.39 is 4.92 Å². The van der Waals surface area contributed by atoms with E-state index in [2.05, 4.69) is 11.6 Å². The van der Waals surface area contributed by atoms with Gasteiger partial charge in [-0.15, -0.1) is 11.3 Å². The first-order chi connectivity index (χ1) is 13.8. The summed E-state index contributed by atoms with van der Waals surface area (Å²) in [6, 6.07) is 12.4. The lowest BCUT2D eigenvalue weighted by Gasteiger charge is -2.06. The third-order valence-electron chi connectivity index (χ3n) is 4.06. The van der Waals surface area contributed by atoms with Crippen LogP contribution < -0.4 is 4.80 Å². The molecule has 6 nitrogen and oxygen atoms in total. The van der Waals surface area contributed by atoms with Crippen molar-refractivity contribution in [3.63, 3.8) is 0 Å². The Morgan fingerprint density at radius 3 is 2.41 bits per heavy atom. The molecule has 0 saturated heterocycles. The Labute approximate surface area is 171 Å². The van der Waals surface area contributed by atoms with Crippen LogP contribution in [0.3, 0.4) is 0 Å². The molecule has 0 N–H and O–H groups in total. The molecular formula is C21H19FN4O2S. The number of nitro benzene ring substituents is 1. The number of nitrogens with zero attached hydrogens (tertiary/aromatic N) is 4. The van der Waals surface area contributed by atoms with Crippen LogP contribution in [0.15, 0.2) is 76.2 Å². The number of nitro groups is 1. The van der Waals surface area contributed by atoms with E-state index >= 15 is 0 Å². The zero-order valence-corrected chi connectivity index (χ0v) is 16.8.